The minimum atomic E-state index is 0.808. The van der Waals surface area contributed by atoms with Gasteiger partial charge in [0.25, 0.3) is 0 Å². The Morgan fingerprint density at radius 3 is 1.88 bits per heavy atom. The van der Waals surface area contributed by atoms with Crippen LogP contribution in [-0.4, -0.2) is 6.29 Å². The van der Waals surface area contributed by atoms with Crippen molar-refractivity contribution in [3.8, 4) is 0 Å². The molecule has 0 rings (SSSR count). The summed E-state index contributed by atoms with van der Waals surface area (Å²) in [6, 6.07) is 0. The number of hydrogen-bond acceptors (Lipinski definition) is 1. The summed E-state index contributed by atoms with van der Waals surface area (Å²) >= 11 is 0. The monoisotopic (exact) mass is 236 g/mol. The van der Waals surface area contributed by atoms with Crippen molar-refractivity contribution in [2.24, 2.45) is 0 Å². The Balaban J connectivity index is 3.05. The van der Waals surface area contributed by atoms with Crippen LogP contribution in [0.2, 0.25) is 0 Å². The number of allylic oxidation sites excluding steroid dienone is 4. The largest absolute Gasteiger partial charge is 0.299 e. The molecule has 0 aromatic rings. The lowest BCUT2D eigenvalue weighted by molar-refractivity contribution is -0.104. The minimum absolute atomic E-state index is 0.808. The van der Waals surface area contributed by atoms with Gasteiger partial charge in [0.2, 0.25) is 0 Å². The summed E-state index contributed by atoms with van der Waals surface area (Å²) in [6.45, 7) is 2.26. The zero-order valence-electron chi connectivity index (χ0n) is 11.4. The number of carbonyl (C=O) groups excluding carboxylic acids is 1. The Hall–Kier alpha value is -0.850. The second-order valence-electron chi connectivity index (χ2n) is 4.57. The summed E-state index contributed by atoms with van der Waals surface area (Å²) in [7, 11) is 0. The van der Waals surface area contributed by atoms with Crippen LogP contribution in [0.5, 0.6) is 0 Å². The molecule has 1 nitrogen and oxygen atoms in total. The fraction of sp³-hybridized carbons (Fsp3) is 0.688. The molecule has 0 heterocycles. The maximum absolute atomic E-state index is 9.99. The molecule has 17 heavy (non-hydrogen) atoms. The predicted octanol–water partition coefficient (Wildman–Crippen LogP) is 5.22. The van der Waals surface area contributed by atoms with Crippen molar-refractivity contribution in [3.05, 3.63) is 24.3 Å². The van der Waals surface area contributed by atoms with E-state index in [2.05, 4.69) is 13.0 Å². The van der Waals surface area contributed by atoms with Crippen molar-refractivity contribution >= 4 is 6.29 Å². The van der Waals surface area contributed by atoms with E-state index in [-0.39, 0.29) is 0 Å². The Bertz CT molecular complexity index is 204. The summed E-state index contributed by atoms with van der Waals surface area (Å²) in [6.07, 6.45) is 21.8. The van der Waals surface area contributed by atoms with Crippen LogP contribution in [0.25, 0.3) is 0 Å². The predicted molar refractivity (Wildman–Crippen MR) is 76.2 cm³/mol. The fourth-order valence-corrected chi connectivity index (χ4v) is 1.86. The highest BCUT2D eigenvalue weighted by atomic mass is 16.1. The van der Waals surface area contributed by atoms with Gasteiger partial charge in [-0.1, -0.05) is 76.5 Å². The molecule has 0 amide bonds. The van der Waals surface area contributed by atoms with Crippen LogP contribution >= 0.6 is 0 Å². The quantitative estimate of drug-likeness (QED) is 0.196. The van der Waals surface area contributed by atoms with Gasteiger partial charge in [0, 0.05) is 0 Å². The van der Waals surface area contributed by atoms with E-state index in [4.69, 9.17) is 0 Å². The Morgan fingerprint density at radius 2 is 1.29 bits per heavy atom. The zero-order chi connectivity index (χ0) is 12.6. The summed E-state index contributed by atoms with van der Waals surface area (Å²) in [5.74, 6) is 0. The summed E-state index contributed by atoms with van der Waals surface area (Å²) < 4.78 is 0. The third kappa shape index (κ3) is 15.1. The molecule has 0 saturated carbocycles. The second-order valence-corrected chi connectivity index (χ2v) is 4.57. The van der Waals surface area contributed by atoms with E-state index in [1.54, 1.807) is 6.08 Å². The Morgan fingerprint density at radius 1 is 0.706 bits per heavy atom. The van der Waals surface area contributed by atoms with Gasteiger partial charge in [-0.15, -0.1) is 0 Å². The molecule has 0 saturated heterocycles. The molecule has 0 unspecified atom stereocenters. The van der Waals surface area contributed by atoms with Crippen molar-refractivity contribution in [2.75, 3.05) is 0 Å². The molecule has 0 atom stereocenters. The van der Waals surface area contributed by atoms with Crippen LogP contribution in [0, 0.1) is 0 Å². The van der Waals surface area contributed by atoms with Crippen molar-refractivity contribution in [1.29, 1.82) is 0 Å². The van der Waals surface area contributed by atoms with Crippen LogP contribution in [0.4, 0.5) is 0 Å². The van der Waals surface area contributed by atoms with Gasteiger partial charge >= 0.3 is 0 Å². The molecule has 0 N–H and O–H groups in total. The number of unbranched alkanes of at least 4 members (excludes halogenated alkanes) is 9. The Labute approximate surface area is 107 Å². The van der Waals surface area contributed by atoms with Crippen molar-refractivity contribution in [2.45, 2.75) is 71.1 Å². The van der Waals surface area contributed by atoms with E-state index < -0.39 is 0 Å². The normalized spacial score (nSPS) is 11.6. The van der Waals surface area contributed by atoms with Crippen molar-refractivity contribution in [1.82, 2.24) is 0 Å². The van der Waals surface area contributed by atoms with E-state index in [1.807, 2.05) is 6.08 Å². The minimum Gasteiger partial charge on any atom is -0.299 e. The number of carbonyl (C=O) groups is 1. The van der Waals surface area contributed by atoms with E-state index in [1.165, 1.54) is 63.9 Å². The molecule has 0 aliphatic carbocycles. The summed E-state index contributed by atoms with van der Waals surface area (Å²) in [5.41, 5.74) is 0. The van der Waals surface area contributed by atoms with Crippen molar-refractivity contribution < 1.29 is 4.79 Å². The van der Waals surface area contributed by atoms with Crippen molar-refractivity contribution in [3.63, 3.8) is 0 Å². The van der Waals surface area contributed by atoms with Gasteiger partial charge < -0.3 is 0 Å². The lowest BCUT2D eigenvalue weighted by atomic mass is 10.1. The smallest absolute Gasteiger partial charge is 0.142 e. The first-order valence-corrected chi connectivity index (χ1v) is 7.18. The van der Waals surface area contributed by atoms with Crippen LogP contribution in [0.3, 0.4) is 0 Å². The molecule has 0 aromatic heterocycles. The second kappa shape index (κ2) is 15.1. The standard InChI is InChI=1S/C16H28O/c1-2-3-4-5-6-7-8-9-10-11-12-13-14-15-16-17/h12-16H,2-11H2,1H3/b13-12+,15-14+. The van der Waals surface area contributed by atoms with E-state index >= 15 is 0 Å². The first-order chi connectivity index (χ1) is 8.41. The zero-order valence-corrected chi connectivity index (χ0v) is 11.4. The van der Waals surface area contributed by atoms with Gasteiger partial charge in [-0.3, -0.25) is 4.79 Å². The van der Waals surface area contributed by atoms with Gasteiger partial charge in [0.1, 0.15) is 6.29 Å². The average Bonchev–Trinajstić information content (AvgIpc) is 2.35. The van der Waals surface area contributed by atoms with Gasteiger partial charge in [0.05, 0.1) is 0 Å². The molecule has 0 aliphatic rings. The number of hydrogen-bond donors (Lipinski definition) is 0. The first-order valence-electron chi connectivity index (χ1n) is 7.18. The average molecular weight is 236 g/mol. The molecule has 98 valence electrons. The van der Waals surface area contributed by atoms with Gasteiger partial charge in [0.15, 0.2) is 0 Å². The Kier molecular flexibility index (Phi) is 14.4. The SMILES string of the molecule is CCCCCCCCCCC/C=C/C=C/C=O. The maximum Gasteiger partial charge on any atom is 0.142 e. The molecule has 0 radical (unpaired) electrons. The molecule has 1 heteroatoms. The molecule has 0 spiro atoms. The maximum atomic E-state index is 9.99. The molecule has 0 bridgehead atoms. The van der Waals surface area contributed by atoms with E-state index in [0.717, 1.165) is 12.7 Å². The third-order valence-electron chi connectivity index (χ3n) is 2.91. The van der Waals surface area contributed by atoms with Crippen LogP contribution in [0.1, 0.15) is 71.1 Å². The number of rotatable bonds is 12. The summed E-state index contributed by atoms with van der Waals surface area (Å²) in [5, 5.41) is 0. The van der Waals surface area contributed by atoms with Gasteiger partial charge in [-0.2, -0.15) is 0 Å². The molecular weight excluding hydrogens is 208 g/mol. The molecular formula is C16H28O. The van der Waals surface area contributed by atoms with E-state index in [0.29, 0.717) is 0 Å². The lowest BCUT2D eigenvalue weighted by Gasteiger charge is -2.00. The number of aldehydes is 1. The topological polar surface area (TPSA) is 17.1 Å². The first kappa shape index (κ1) is 16.1. The lowest BCUT2D eigenvalue weighted by Crippen LogP contribution is -1.80. The van der Waals surface area contributed by atoms with Gasteiger partial charge in [-0.05, 0) is 18.9 Å². The fourth-order valence-electron chi connectivity index (χ4n) is 1.86. The molecule has 0 aromatic carbocycles. The van der Waals surface area contributed by atoms with Crippen LogP contribution in [-0.2, 0) is 4.79 Å². The highest BCUT2D eigenvalue weighted by molar-refractivity contribution is 5.65. The third-order valence-corrected chi connectivity index (χ3v) is 2.91. The molecule has 0 aliphatic heterocycles. The molecule has 0 fully saturated rings. The highest BCUT2D eigenvalue weighted by Gasteiger charge is 1.90. The van der Waals surface area contributed by atoms with Crippen LogP contribution in [0.15, 0.2) is 24.3 Å². The van der Waals surface area contributed by atoms with Gasteiger partial charge in [-0.25, -0.2) is 0 Å². The van der Waals surface area contributed by atoms with E-state index in [9.17, 15) is 4.79 Å². The highest BCUT2D eigenvalue weighted by Crippen LogP contribution is 2.10. The van der Waals surface area contributed by atoms with Crippen LogP contribution < -0.4 is 0 Å². The summed E-state index contributed by atoms with van der Waals surface area (Å²) in [4.78, 5) is 9.99.